The third-order valence-electron chi connectivity index (χ3n) is 3.06. The molecule has 0 aliphatic rings. The topological polar surface area (TPSA) is 72.5 Å². The van der Waals surface area contributed by atoms with Crippen molar-refractivity contribution in [2.45, 2.75) is 25.2 Å². The zero-order chi connectivity index (χ0) is 15.5. The first-order valence-corrected chi connectivity index (χ1v) is 8.02. The molecule has 0 aliphatic heterocycles. The molecule has 0 amide bonds. The summed E-state index contributed by atoms with van der Waals surface area (Å²) >= 11 is 0. The van der Waals surface area contributed by atoms with Crippen LogP contribution in [0.2, 0.25) is 0 Å². The number of rotatable bonds is 4. The number of nitrogens with two attached hydrogens (primary N) is 1. The van der Waals surface area contributed by atoms with Crippen molar-refractivity contribution in [2.24, 2.45) is 10.1 Å². The van der Waals surface area contributed by atoms with Crippen molar-refractivity contribution in [1.29, 1.82) is 0 Å². The van der Waals surface area contributed by atoms with Crippen molar-refractivity contribution < 1.29 is 8.42 Å². The van der Waals surface area contributed by atoms with Gasteiger partial charge < -0.3 is 5.73 Å². The van der Waals surface area contributed by atoms with Crippen LogP contribution in [0.15, 0.2) is 57.8 Å². The highest BCUT2D eigenvalue weighted by Gasteiger charge is 2.13. The quantitative estimate of drug-likeness (QED) is 0.697. The van der Waals surface area contributed by atoms with Crippen molar-refractivity contribution in [1.82, 2.24) is 0 Å². The van der Waals surface area contributed by atoms with Crippen LogP contribution in [0.3, 0.4) is 0 Å². The summed E-state index contributed by atoms with van der Waals surface area (Å²) in [5, 5.41) is 0. The lowest BCUT2D eigenvalue weighted by Gasteiger charge is -2.04. The first-order valence-electron chi connectivity index (χ1n) is 6.58. The molecule has 2 rings (SSSR count). The second kappa shape index (κ2) is 6.10. The Hall–Kier alpha value is -2.14. The van der Waals surface area contributed by atoms with Gasteiger partial charge in [0.05, 0.1) is 4.90 Å². The number of aryl methyl sites for hydroxylation is 2. The molecule has 2 aromatic carbocycles. The highest BCUT2D eigenvalue weighted by molar-refractivity contribution is 7.90. The molecular weight excluding hydrogens is 284 g/mol. The van der Waals surface area contributed by atoms with Gasteiger partial charge in [0.2, 0.25) is 0 Å². The second-order valence-electron chi connectivity index (χ2n) is 5.03. The molecule has 0 heterocycles. The fraction of sp³-hybridized carbons (Fsp3) is 0.188. The molecule has 0 unspecified atom stereocenters. The number of hydrogen-bond donors (Lipinski definition) is 1. The van der Waals surface area contributed by atoms with E-state index in [-0.39, 0.29) is 10.7 Å². The van der Waals surface area contributed by atoms with Crippen molar-refractivity contribution in [3.63, 3.8) is 0 Å². The number of nitrogens with zero attached hydrogens (tertiary/aromatic N) is 1. The summed E-state index contributed by atoms with van der Waals surface area (Å²) < 4.78 is 28.0. The van der Waals surface area contributed by atoms with Crippen LogP contribution < -0.4 is 5.73 Å². The Morgan fingerprint density at radius 3 is 1.95 bits per heavy atom. The maximum atomic E-state index is 12.1. The van der Waals surface area contributed by atoms with Crippen LogP contribution in [0.4, 0.5) is 0 Å². The lowest BCUT2D eigenvalue weighted by Crippen LogP contribution is -2.17. The van der Waals surface area contributed by atoms with E-state index in [0.717, 1.165) is 16.7 Å². The maximum absolute atomic E-state index is 12.1. The highest BCUT2D eigenvalue weighted by atomic mass is 32.2. The molecule has 2 N–H and O–H groups in total. The zero-order valence-corrected chi connectivity index (χ0v) is 12.9. The summed E-state index contributed by atoms with van der Waals surface area (Å²) in [6.07, 6.45) is 0.311. The van der Waals surface area contributed by atoms with E-state index in [4.69, 9.17) is 5.73 Å². The van der Waals surface area contributed by atoms with E-state index < -0.39 is 10.0 Å². The summed E-state index contributed by atoms with van der Waals surface area (Å²) in [5.41, 5.74) is 8.83. The number of benzene rings is 2. The first-order chi connectivity index (χ1) is 9.87. The fourth-order valence-electron chi connectivity index (χ4n) is 1.86. The zero-order valence-electron chi connectivity index (χ0n) is 12.1. The van der Waals surface area contributed by atoms with Gasteiger partial charge >= 0.3 is 0 Å². The number of amidine groups is 1. The van der Waals surface area contributed by atoms with Crippen LogP contribution in [0.5, 0.6) is 0 Å². The molecule has 110 valence electrons. The van der Waals surface area contributed by atoms with E-state index in [9.17, 15) is 8.42 Å². The monoisotopic (exact) mass is 302 g/mol. The molecule has 0 radical (unpaired) electrons. The molecule has 0 spiro atoms. The van der Waals surface area contributed by atoms with Gasteiger partial charge in [0, 0.05) is 6.42 Å². The lowest BCUT2D eigenvalue weighted by atomic mass is 10.1. The number of hydrogen-bond acceptors (Lipinski definition) is 2. The molecule has 0 aromatic heterocycles. The molecule has 2 aromatic rings. The Morgan fingerprint density at radius 1 is 0.952 bits per heavy atom. The summed E-state index contributed by atoms with van der Waals surface area (Å²) in [6.45, 7) is 3.88. The normalized spacial score (nSPS) is 12.4. The molecule has 0 saturated carbocycles. The molecule has 0 saturated heterocycles. The van der Waals surface area contributed by atoms with E-state index in [1.807, 2.05) is 38.1 Å². The summed E-state index contributed by atoms with van der Waals surface area (Å²) in [5.74, 6) is 0.0828. The van der Waals surface area contributed by atoms with Crippen molar-refractivity contribution in [2.75, 3.05) is 0 Å². The van der Waals surface area contributed by atoms with Crippen molar-refractivity contribution in [3.8, 4) is 0 Å². The smallest absolute Gasteiger partial charge is 0.283 e. The predicted molar refractivity (Wildman–Crippen MR) is 84.9 cm³/mol. The van der Waals surface area contributed by atoms with Crippen LogP contribution in [-0.2, 0) is 16.4 Å². The van der Waals surface area contributed by atoms with Crippen molar-refractivity contribution >= 4 is 15.9 Å². The molecule has 0 aliphatic carbocycles. The van der Waals surface area contributed by atoms with Gasteiger partial charge in [-0.2, -0.15) is 8.42 Å². The predicted octanol–water partition coefficient (Wildman–Crippen LogP) is 2.59. The first kappa shape index (κ1) is 15.3. The Balaban J connectivity index is 2.20. The van der Waals surface area contributed by atoms with Crippen LogP contribution >= 0.6 is 0 Å². The minimum absolute atomic E-state index is 0.0828. The standard InChI is InChI=1S/C16H18N2O2S/c1-12-3-7-14(8-4-12)11-16(17)18-21(19,20)15-9-5-13(2)6-10-15/h3-10H,11H2,1-2H3,(H2,17,18). The average molecular weight is 302 g/mol. The highest BCUT2D eigenvalue weighted by Crippen LogP contribution is 2.13. The van der Waals surface area contributed by atoms with Crippen LogP contribution in [-0.4, -0.2) is 14.3 Å². The van der Waals surface area contributed by atoms with Gasteiger partial charge in [-0.1, -0.05) is 47.5 Å². The molecule has 0 atom stereocenters. The minimum Gasteiger partial charge on any atom is -0.386 e. The Bertz CT molecular complexity index is 746. The maximum Gasteiger partial charge on any atom is 0.283 e. The Morgan fingerprint density at radius 2 is 1.43 bits per heavy atom. The molecule has 5 heteroatoms. The van der Waals surface area contributed by atoms with Gasteiger partial charge in [-0.3, -0.25) is 0 Å². The molecule has 0 fully saturated rings. The Labute approximate surface area is 125 Å². The Kier molecular flexibility index (Phi) is 4.43. The largest absolute Gasteiger partial charge is 0.386 e. The van der Waals surface area contributed by atoms with E-state index in [1.165, 1.54) is 12.1 Å². The van der Waals surface area contributed by atoms with E-state index in [2.05, 4.69) is 4.40 Å². The van der Waals surface area contributed by atoms with Gasteiger partial charge in [-0.15, -0.1) is 4.40 Å². The van der Waals surface area contributed by atoms with Crippen LogP contribution in [0.25, 0.3) is 0 Å². The third kappa shape index (κ3) is 4.16. The van der Waals surface area contributed by atoms with Crippen LogP contribution in [0, 0.1) is 13.8 Å². The van der Waals surface area contributed by atoms with Gasteiger partial charge in [-0.05, 0) is 31.5 Å². The molecular formula is C16H18N2O2S. The lowest BCUT2D eigenvalue weighted by molar-refractivity contribution is 0.598. The third-order valence-corrected chi connectivity index (χ3v) is 4.40. The molecule has 4 nitrogen and oxygen atoms in total. The summed E-state index contributed by atoms with van der Waals surface area (Å²) in [7, 11) is -3.74. The SMILES string of the molecule is Cc1ccc(C/C(N)=N/S(=O)(=O)c2ccc(C)cc2)cc1. The van der Waals surface area contributed by atoms with E-state index >= 15 is 0 Å². The summed E-state index contributed by atoms with van der Waals surface area (Å²) in [4.78, 5) is 0.153. The van der Waals surface area contributed by atoms with Gasteiger partial charge in [0.25, 0.3) is 10.0 Å². The van der Waals surface area contributed by atoms with Gasteiger partial charge in [0.1, 0.15) is 5.84 Å². The fourth-order valence-corrected chi connectivity index (χ4v) is 2.82. The molecule has 21 heavy (non-hydrogen) atoms. The molecule has 0 bridgehead atoms. The minimum atomic E-state index is -3.74. The average Bonchev–Trinajstić information content (AvgIpc) is 2.41. The second-order valence-corrected chi connectivity index (χ2v) is 6.64. The summed E-state index contributed by atoms with van der Waals surface area (Å²) in [6, 6.07) is 14.3. The van der Waals surface area contributed by atoms with Gasteiger partial charge in [-0.25, -0.2) is 0 Å². The number of sulfonamides is 1. The van der Waals surface area contributed by atoms with Crippen molar-refractivity contribution in [3.05, 3.63) is 65.2 Å². The van der Waals surface area contributed by atoms with E-state index in [1.54, 1.807) is 12.1 Å². The van der Waals surface area contributed by atoms with E-state index in [0.29, 0.717) is 6.42 Å². The van der Waals surface area contributed by atoms with Crippen LogP contribution in [0.1, 0.15) is 16.7 Å². The van der Waals surface area contributed by atoms with Gasteiger partial charge in [0.15, 0.2) is 0 Å².